The number of hydrogen-bond acceptors (Lipinski definition) is 4. The quantitative estimate of drug-likeness (QED) is 0.583. The van der Waals surface area contributed by atoms with Gasteiger partial charge in [-0.3, -0.25) is 9.59 Å². The largest absolute Gasteiger partial charge is 0.467 e. The number of hydrogen-bond donors (Lipinski definition) is 1. The molecule has 0 saturated heterocycles. The highest BCUT2D eigenvalue weighted by molar-refractivity contribution is 5.90. The van der Waals surface area contributed by atoms with E-state index < -0.39 is 35.5 Å². The van der Waals surface area contributed by atoms with Gasteiger partial charge >= 0.3 is 5.97 Å². The molecule has 1 amide bonds. The zero-order valence-corrected chi connectivity index (χ0v) is 17.9. The third-order valence-corrected chi connectivity index (χ3v) is 4.99. The van der Waals surface area contributed by atoms with Gasteiger partial charge in [-0.15, -0.1) is 0 Å². The Hall–Kier alpha value is -3.09. The van der Waals surface area contributed by atoms with Crippen LogP contribution in [0.2, 0.25) is 0 Å². The van der Waals surface area contributed by atoms with Gasteiger partial charge in [-0.25, -0.2) is 13.6 Å². The molecular weight excluding hydrogens is 404 g/mol. The first-order valence-corrected chi connectivity index (χ1v) is 10.1. The monoisotopic (exact) mass is 431 g/mol. The molecule has 5 nitrogen and oxygen atoms in total. The van der Waals surface area contributed by atoms with Crippen molar-refractivity contribution in [1.29, 1.82) is 0 Å². The van der Waals surface area contributed by atoms with Crippen LogP contribution in [0.15, 0.2) is 48.5 Å². The van der Waals surface area contributed by atoms with E-state index in [0.29, 0.717) is 0 Å². The predicted octanol–water partition coefficient (Wildman–Crippen LogP) is 3.64. The second-order valence-electron chi connectivity index (χ2n) is 7.80. The molecule has 31 heavy (non-hydrogen) atoms. The lowest BCUT2D eigenvalue weighted by atomic mass is 9.90. The number of halogens is 2. The van der Waals surface area contributed by atoms with Gasteiger partial charge in [0.15, 0.2) is 0 Å². The van der Waals surface area contributed by atoms with Crippen molar-refractivity contribution < 1.29 is 27.9 Å². The number of esters is 1. The standard InChI is InChI=1S/C24H27F2NO4/c1-15(2)22(24(30)31-3)27-23(29)18(11-16-7-5-4-6-8-16)13-20(28)12-17-9-10-19(25)14-21(17)26/h4-10,14-15,18,22H,11-13H2,1-3H3,(H,27,29). The molecule has 0 aliphatic carbocycles. The first-order valence-electron chi connectivity index (χ1n) is 10.1. The minimum Gasteiger partial charge on any atom is -0.467 e. The molecule has 2 atom stereocenters. The first-order chi connectivity index (χ1) is 14.7. The third kappa shape index (κ3) is 7.27. The molecule has 0 heterocycles. The van der Waals surface area contributed by atoms with E-state index in [1.807, 2.05) is 30.3 Å². The molecule has 0 spiro atoms. The summed E-state index contributed by atoms with van der Waals surface area (Å²) in [5, 5.41) is 2.69. The summed E-state index contributed by atoms with van der Waals surface area (Å²) in [6.07, 6.45) is -0.130. The average Bonchev–Trinajstić information content (AvgIpc) is 2.73. The molecule has 0 bridgehead atoms. The fourth-order valence-corrected chi connectivity index (χ4v) is 3.28. The summed E-state index contributed by atoms with van der Waals surface area (Å²) in [4.78, 5) is 37.6. The number of amides is 1. The maximum Gasteiger partial charge on any atom is 0.328 e. The molecule has 0 aliphatic rings. The summed E-state index contributed by atoms with van der Waals surface area (Å²) >= 11 is 0. The van der Waals surface area contributed by atoms with Crippen LogP contribution in [-0.2, 0) is 32.0 Å². The molecule has 2 unspecified atom stereocenters. The number of nitrogens with one attached hydrogen (secondary N) is 1. The van der Waals surface area contributed by atoms with Gasteiger partial charge in [0.2, 0.25) is 5.91 Å². The van der Waals surface area contributed by atoms with E-state index >= 15 is 0 Å². The molecule has 7 heteroatoms. The van der Waals surface area contributed by atoms with Gasteiger partial charge in [-0.2, -0.15) is 0 Å². The minimum absolute atomic E-state index is 0.0693. The van der Waals surface area contributed by atoms with Crippen LogP contribution < -0.4 is 5.32 Å². The predicted molar refractivity (Wildman–Crippen MR) is 112 cm³/mol. The van der Waals surface area contributed by atoms with Crippen LogP contribution in [0.1, 0.15) is 31.4 Å². The summed E-state index contributed by atoms with van der Waals surface area (Å²) in [6, 6.07) is 11.4. The molecule has 2 aromatic carbocycles. The van der Waals surface area contributed by atoms with Gasteiger partial charge in [0.25, 0.3) is 0 Å². The number of Topliss-reactive ketones (excluding diaryl/α,β-unsaturated/α-hetero) is 1. The van der Waals surface area contributed by atoms with Crippen molar-refractivity contribution >= 4 is 17.7 Å². The lowest BCUT2D eigenvalue weighted by Gasteiger charge is -2.23. The number of ether oxygens (including phenoxy) is 1. The Morgan fingerprint density at radius 1 is 1.03 bits per heavy atom. The maximum atomic E-state index is 13.9. The van der Waals surface area contributed by atoms with Gasteiger partial charge < -0.3 is 10.1 Å². The van der Waals surface area contributed by atoms with Crippen molar-refractivity contribution in [3.63, 3.8) is 0 Å². The van der Waals surface area contributed by atoms with Crippen molar-refractivity contribution in [2.45, 2.75) is 39.2 Å². The minimum atomic E-state index is -0.847. The van der Waals surface area contributed by atoms with Crippen LogP contribution in [0.5, 0.6) is 0 Å². The molecule has 2 aromatic rings. The van der Waals surface area contributed by atoms with Crippen LogP contribution in [0.4, 0.5) is 8.78 Å². The molecular formula is C24H27F2NO4. The Kier molecular flexibility index (Phi) is 8.85. The molecule has 0 saturated carbocycles. The fourth-order valence-electron chi connectivity index (χ4n) is 3.28. The highest BCUT2D eigenvalue weighted by Gasteiger charge is 2.30. The number of carbonyl (C=O) groups is 3. The van der Waals surface area contributed by atoms with Gasteiger partial charge in [0.05, 0.1) is 7.11 Å². The van der Waals surface area contributed by atoms with E-state index in [1.54, 1.807) is 13.8 Å². The van der Waals surface area contributed by atoms with Crippen LogP contribution in [0, 0.1) is 23.5 Å². The zero-order chi connectivity index (χ0) is 23.0. The molecule has 2 rings (SSSR count). The molecule has 1 N–H and O–H groups in total. The molecule has 166 valence electrons. The van der Waals surface area contributed by atoms with Crippen LogP contribution in [0.3, 0.4) is 0 Å². The fraction of sp³-hybridized carbons (Fsp3) is 0.375. The van der Waals surface area contributed by atoms with Gasteiger partial charge in [-0.1, -0.05) is 50.2 Å². The number of ketones is 1. The summed E-state index contributed by atoms with van der Waals surface area (Å²) < 4.78 is 31.8. The molecule has 0 radical (unpaired) electrons. The van der Waals surface area contributed by atoms with Crippen molar-refractivity contribution in [2.75, 3.05) is 7.11 Å². The molecule has 0 fully saturated rings. The highest BCUT2D eigenvalue weighted by Crippen LogP contribution is 2.18. The number of methoxy groups -OCH3 is 1. The topological polar surface area (TPSA) is 72.5 Å². The first kappa shape index (κ1) is 24.2. The third-order valence-electron chi connectivity index (χ3n) is 4.99. The Morgan fingerprint density at radius 3 is 2.29 bits per heavy atom. The lowest BCUT2D eigenvalue weighted by Crippen LogP contribution is -2.47. The van der Waals surface area contributed by atoms with E-state index in [4.69, 9.17) is 4.74 Å². The van der Waals surface area contributed by atoms with Gasteiger partial charge in [0.1, 0.15) is 23.5 Å². The van der Waals surface area contributed by atoms with Crippen molar-refractivity contribution in [3.05, 3.63) is 71.3 Å². The Bertz CT molecular complexity index is 915. The number of benzene rings is 2. The Morgan fingerprint density at radius 2 is 1.71 bits per heavy atom. The number of carbonyl (C=O) groups excluding carboxylic acids is 3. The Labute approximate surface area is 180 Å². The van der Waals surface area contributed by atoms with Crippen molar-refractivity contribution in [3.8, 4) is 0 Å². The molecule has 0 aromatic heterocycles. The zero-order valence-electron chi connectivity index (χ0n) is 17.9. The normalized spacial score (nSPS) is 12.8. The second-order valence-corrected chi connectivity index (χ2v) is 7.80. The summed E-state index contributed by atoms with van der Waals surface area (Å²) in [5.74, 6) is -3.88. The maximum absolute atomic E-state index is 13.9. The van der Waals surface area contributed by atoms with E-state index in [-0.39, 0.29) is 36.5 Å². The second kappa shape index (κ2) is 11.3. The van der Waals surface area contributed by atoms with Crippen LogP contribution in [-0.4, -0.2) is 30.8 Å². The van der Waals surface area contributed by atoms with Gasteiger partial charge in [-0.05, 0) is 29.5 Å². The summed E-state index contributed by atoms with van der Waals surface area (Å²) in [5.41, 5.74) is 0.919. The van der Waals surface area contributed by atoms with Gasteiger partial charge in [0, 0.05) is 24.8 Å². The van der Waals surface area contributed by atoms with Crippen molar-refractivity contribution in [2.24, 2.45) is 11.8 Å². The van der Waals surface area contributed by atoms with E-state index in [0.717, 1.165) is 17.7 Å². The van der Waals surface area contributed by atoms with Crippen LogP contribution >= 0.6 is 0 Å². The lowest BCUT2D eigenvalue weighted by molar-refractivity contribution is -0.147. The molecule has 0 aliphatic heterocycles. The average molecular weight is 431 g/mol. The number of rotatable bonds is 10. The summed E-state index contributed by atoms with van der Waals surface area (Å²) in [6.45, 7) is 3.55. The van der Waals surface area contributed by atoms with E-state index in [1.165, 1.54) is 13.2 Å². The summed E-state index contributed by atoms with van der Waals surface area (Å²) in [7, 11) is 1.24. The van der Waals surface area contributed by atoms with E-state index in [2.05, 4.69) is 5.32 Å². The highest BCUT2D eigenvalue weighted by atomic mass is 19.1. The SMILES string of the molecule is COC(=O)C(NC(=O)C(CC(=O)Cc1ccc(F)cc1F)Cc1ccccc1)C(C)C. The Balaban J connectivity index is 2.18. The van der Waals surface area contributed by atoms with Crippen LogP contribution in [0.25, 0.3) is 0 Å². The van der Waals surface area contributed by atoms with Crippen molar-refractivity contribution in [1.82, 2.24) is 5.32 Å². The smallest absolute Gasteiger partial charge is 0.328 e. The van der Waals surface area contributed by atoms with E-state index in [9.17, 15) is 23.2 Å².